The van der Waals surface area contributed by atoms with Crippen LogP contribution in [0.4, 0.5) is 0 Å². The highest BCUT2D eigenvalue weighted by molar-refractivity contribution is 6.05. The van der Waals surface area contributed by atoms with Crippen molar-refractivity contribution in [2.24, 2.45) is 11.8 Å². The Kier molecular flexibility index (Phi) is 7.05. The molecule has 0 bridgehead atoms. The predicted molar refractivity (Wildman–Crippen MR) is 131 cm³/mol. The van der Waals surface area contributed by atoms with Crippen LogP contribution in [-0.2, 0) is 22.6 Å². The maximum absolute atomic E-state index is 13.0. The lowest BCUT2D eigenvalue weighted by atomic mass is 9.78. The number of imide groups is 1. The van der Waals surface area contributed by atoms with E-state index in [1.165, 1.54) is 63.4 Å². The minimum atomic E-state index is -0.546. The van der Waals surface area contributed by atoms with E-state index in [4.69, 9.17) is 0 Å². The average molecular weight is 466 g/mol. The first-order chi connectivity index (χ1) is 16.5. The lowest BCUT2D eigenvalue weighted by Gasteiger charge is -2.38. The Balaban J connectivity index is 1.23. The minimum Gasteiger partial charge on any atom is -0.322 e. The molecule has 34 heavy (non-hydrogen) atoms. The maximum Gasteiger partial charge on any atom is 0.255 e. The van der Waals surface area contributed by atoms with Crippen LogP contribution < -0.4 is 10.6 Å². The number of piperidine rings is 1. The Morgan fingerprint density at radius 1 is 1.00 bits per heavy atom. The van der Waals surface area contributed by atoms with E-state index in [9.17, 15) is 14.4 Å². The molecule has 2 heterocycles. The summed E-state index contributed by atoms with van der Waals surface area (Å²) in [4.78, 5) is 38.5. The molecule has 0 aromatic heterocycles. The van der Waals surface area contributed by atoms with Crippen molar-refractivity contribution < 1.29 is 14.4 Å². The number of benzene rings is 1. The van der Waals surface area contributed by atoms with Crippen molar-refractivity contribution in [3.8, 4) is 0 Å². The van der Waals surface area contributed by atoms with Gasteiger partial charge in [0, 0.05) is 30.6 Å². The largest absolute Gasteiger partial charge is 0.322 e. The second-order valence-electron chi connectivity index (χ2n) is 11.0. The highest BCUT2D eigenvalue weighted by Gasteiger charge is 2.39. The molecule has 2 N–H and O–H groups in total. The van der Waals surface area contributed by atoms with Gasteiger partial charge < -0.3 is 10.2 Å². The first kappa shape index (κ1) is 23.5. The zero-order valence-corrected chi connectivity index (χ0v) is 20.5. The molecule has 2 aliphatic heterocycles. The Labute approximate surface area is 203 Å². The van der Waals surface area contributed by atoms with E-state index in [-0.39, 0.29) is 24.1 Å². The van der Waals surface area contributed by atoms with Crippen molar-refractivity contribution in [2.75, 3.05) is 0 Å². The van der Waals surface area contributed by atoms with Crippen molar-refractivity contribution in [2.45, 2.75) is 109 Å². The van der Waals surface area contributed by atoms with Crippen LogP contribution in [0.3, 0.4) is 0 Å². The van der Waals surface area contributed by atoms with Crippen LogP contribution in [0.15, 0.2) is 18.2 Å². The van der Waals surface area contributed by atoms with E-state index >= 15 is 0 Å². The highest BCUT2D eigenvalue weighted by Crippen LogP contribution is 2.33. The van der Waals surface area contributed by atoms with Gasteiger partial charge in [-0.15, -0.1) is 0 Å². The molecule has 0 spiro atoms. The van der Waals surface area contributed by atoms with Gasteiger partial charge in [-0.1, -0.05) is 38.3 Å². The molecule has 184 valence electrons. The first-order valence-electron chi connectivity index (χ1n) is 13.5. The van der Waals surface area contributed by atoms with E-state index in [0.717, 1.165) is 17.9 Å². The molecule has 2 saturated carbocycles. The fourth-order valence-electron chi connectivity index (χ4n) is 6.77. The third-order valence-corrected chi connectivity index (χ3v) is 8.87. The lowest BCUT2D eigenvalue weighted by Crippen LogP contribution is -2.52. The fourth-order valence-corrected chi connectivity index (χ4v) is 6.77. The number of amides is 3. The SMILES string of the molecule is CCC1CCC(N[C@H]2CCCC[C@@H]2Cc2ccc3c(c2)CN(C2CCC(=O)NC2=O)C3=O)CC1. The van der Waals surface area contributed by atoms with Crippen molar-refractivity contribution in [1.29, 1.82) is 0 Å². The summed E-state index contributed by atoms with van der Waals surface area (Å²) >= 11 is 0. The molecule has 0 radical (unpaired) electrons. The summed E-state index contributed by atoms with van der Waals surface area (Å²) in [5, 5.41) is 6.44. The van der Waals surface area contributed by atoms with Gasteiger partial charge in [-0.25, -0.2) is 0 Å². The van der Waals surface area contributed by atoms with E-state index in [2.05, 4.69) is 29.7 Å². The molecule has 1 aromatic rings. The van der Waals surface area contributed by atoms with Crippen LogP contribution in [0.25, 0.3) is 0 Å². The summed E-state index contributed by atoms with van der Waals surface area (Å²) in [6.45, 7) is 2.78. The zero-order valence-electron chi connectivity index (χ0n) is 20.5. The number of hydrogen-bond acceptors (Lipinski definition) is 4. The molecule has 1 aromatic carbocycles. The van der Waals surface area contributed by atoms with Gasteiger partial charge in [0.1, 0.15) is 6.04 Å². The average Bonchev–Trinajstić information content (AvgIpc) is 3.16. The number of nitrogens with one attached hydrogen (secondary N) is 2. The van der Waals surface area contributed by atoms with E-state index in [0.29, 0.717) is 36.5 Å². The fraction of sp³-hybridized carbons (Fsp3) is 0.679. The van der Waals surface area contributed by atoms with Gasteiger partial charge in [0.2, 0.25) is 11.8 Å². The van der Waals surface area contributed by atoms with Gasteiger partial charge in [0.15, 0.2) is 0 Å². The molecule has 6 heteroatoms. The van der Waals surface area contributed by atoms with Crippen LogP contribution in [0.2, 0.25) is 0 Å². The topological polar surface area (TPSA) is 78.5 Å². The second-order valence-corrected chi connectivity index (χ2v) is 11.0. The third-order valence-electron chi connectivity index (χ3n) is 8.87. The molecule has 4 aliphatic rings. The highest BCUT2D eigenvalue weighted by atomic mass is 16.2. The first-order valence-corrected chi connectivity index (χ1v) is 13.5. The molecule has 3 amide bonds. The van der Waals surface area contributed by atoms with Gasteiger partial charge in [-0.3, -0.25) is 19.7 Å². The quantitative estimate of drug-likeness (QED) is 0.620. The molecule has 1 unspecified atom stereocenters. The summed E-state index contributed by atoms with van der Waals surface area (Å²) in [6.07, 6.45) is 13.6. The normalized spacial score (nSPS) is 32.0. The van der Waals surface area contributed by atoms with Crippen molar-refractivity contribution in [3.63, 3.8) is 0 Å². The summed E-state index contributed by atoms with van der Waals surface area (Å²) in [5.41, 5.74) is 3.02. The lowest BCUT2D eigenvalue weighted by molar-refractivity contribution is -0.136. The van der Waals surface area contributed by atoms with E-state index in [1.807, 2.05) is 6.07 Å². The molecule has 6 nitrogen and oxygen atoms in total. The Morgan fingerprint density at radius 3 is 2.56 bits per heavy atom. The van der Waals surface area contributed by atoms with Gasteiger partial charge in [0.25, 0.3) is 5.91 Å². The van der Waals surface area contributed by atoms with Crippen LogP contribution >= 0.6 is 0 Å². The summed E-state index contributed by atoms with van der Waals surface area (Å²) < 4.78 is 0. The van der Waals surface area contributed by atoms with Crippen molar-refractivity contribution in [3.05, 3.63) is 34.9 Å². The van der Waals surface area contributed by atoms with Crippen molar-refractivity contribution >= 4 is 17.7 Å². The molecule has 1 saturated heterocycles. The zero-order chi connectivity index (χ0) is 23.7. The van der Waals surface area contributed by atoms with Gasteiger partial charge in [-0.2, -0.15) is 0 Å². The van der Waals surface area contributed by atoms with Crippen LogP contribution in [-0.4, -0.2) is 40.7 Å². The molecule has 3 atom stereocenters. The summed E-state index contributed by atoms with van der Waals surface area (Å²) in [5.74, 6) is 0.882. The Hall–Kier alpha value is -2.21. The predicted octanol–water partition coefficient (Wildman–Crippen LogP) is 4.11. The minimum absolute atomic E-state index is 0.0871. The monoisotopic (exact) mass is 465 g/mol. The van der Waals surface area contributed by atoms with Crippen LogP contribution in [0, 0.1) is 11.8 Å². The van der Waals surface area contributed by atoms with E-state index in [1.54, 1.807) is 4.90 Å². The summed E-state index contributed by atoms with van der Waals surface area (Å²) in [6, 6.07) is 6.98. The molecule has 3 fully saturated rings. The third kappa shape index (κ3) is 4.93. The Morgan fingerprint density at radius 2 is 1.79 bits per heavy atom. The van der Waals surface area contributed by atoms with Gasteiger partial charge >= 0.3 is 0 Å². The Bertz CT molecular complexity index is 937. The van der Waals surface area contributed by atoms with E-state index < -0.39 is 6.04 Å². The number of carbonyl (C=O) groups excluding carboxylic acids is 3. The molecule has 2 aliphatic carbocycles. The molecule has 5 rings (SSSR count). The van der Waals surface area contributed by atoms with Gasteiger partial charge in [-0.05, 0) is 80.4 Å². The second kappa shape index (κ2) is 10.2. The number of nitrogens with zero attached hydrogens (tertiary/aromatic N) is 1. The van der Waals surface area contributed by atoms with Crippen molar-refractivity contribution in [1.82, 2.24) is 15.5 Å². The number of hydrogen-bond donors (Lipinski definition) is 2. The van der Waals surface area contributed by atoms with Crippen LogP contribution in [0.5, 0.6) is 0 Å². The number of rotatable bonds is 6. The smallest absolute Gasteiger partial charge is 0.255 e. The number of fused-ring (bicyclic) bond motifs is 1. The number of carbonyl (C=O) groups is 3. The van der Waals surface area contributed by atoms with Crippen LogP contribution in [0.1, 0.15) is 99.0 Å². The molecular formula is C28H39N3O3. The van der Waals surface area contributed by atoms with Gasteiger partial charge in [0.05, 0.1) is 0 Å². The summed E-state index contributed by atoms with van der Waals surface area (Å²) in [7, 11) is 0. The standard InChI is InChI=1S/C28H39N3O3/c1-2-18-7-10-22(11-8-18)29-24-6-4-3-5-20(24)15-19-9-12-23-21(16-19)17-31(28(23)34)25-13-14-26(32)30-27(25)33/h9,12,16,18,20,22,24-25,29H,2-8,10-11,13-15,17H2,1H3,(H,30,32,33)/t18?,20-,22?,24+,25?/m1/s1. The molecular weight excluding hydrogens is 426 g/mol. The maximum atomic E-state index is 13.0.